The van der Waals surface area contributed by atoms with E-state index < -0.39 is 10.0 Å². The van der Waals surface area contributed by atoms with E-state index in [4.69, 9.17) is 9.47 Å². The van der Waals surface area contributed by atoms with Crippen molar-refractivity contribution in [1.82, 2.24) is 4.98 Å². The molecule has 1 aromatic rings. The number of carbonyl (C=O) groups excluding carboxylic acids is 1. The van der Waals surface area contributed by atoms with Gasteiger partial charge in [-0.15, -0.1) is 0 Å². The second kappa shape index (κ2) is 6.32. The molecule has 2 heterocycles. The minimum atomic E-state index is -0.584. The molecule has 5 nitrogen and oxygen atoms in total. The molecule has 20 heavy (non-hydrogen) atoms. The van der Waals surface area contributed by atoms with Gasteiger partial charge in [0.2, 0.25) is 0 Å². The van der Waals surface area contributed by atoms with E-state index in [-0.39, 0.29) is 19.2 Å². The zero-order valence-corrected chi connectivity index (χ0v) is 14.3. The van der Waals surface area contributed by atoms with Gasteiger partial charge in [0.25, 0.3) is 5.91 Å². The summed E-state index contributed by atoms with van der Waals surface area (Å²) in [6.07, 6.45) is 6.72. The average Bonchev–Trinajstić information content (AvgIpc) is 2.35. The molecule has 0 N–H and O–H groups in total. The molecule has 1 aliphatic heterocycles. The number of rotatable bonds is 5. The zero-order chi connectivity index (χ0) is 14.8. The highest BCUT2D eigenvalue weighted by molar-refractivity contribution is 9.10. The van der Waals surface area contributed by atoms with E-state index in [1.807, 2.05) is 0 Å². The molecule has 1 aromatic heterocycles. The first kappa shape index (κ1) is 15.6. The van der Waals surface area contributed by atoms with Gasteiger partial charge in [0.15, 0.2) is 18.2 Å². The van der Waals surface area contributed by atoms with E-state index in [1.165, 1.54) is 4.90 Å². The fraction of sp³-hybridized carbons (Fsp3) is 0.538. The highest BCUT2D eigenvalue weighted by Crippen LogP contribution is 2.34. The molecule has 0 radical (unpaired) electrons. The van der Waals surface area contributed by atoms with Gasteiger partial charge in [0.1, 0.15) is 11.3 Å². The Morgan fingerprint density at radius 1 is 1.45 bits per heavy atom. The summed E-state index contributed by atoms with van der Waals surface area (Å²) in [5.74, 6) is 2.01. The Bertz CT molecular complexity index is 505. The number of aromatic nitrogens is 1. The van der Waals surface area contributed by atoms with E-state index >= 15 is 0 Å². The highest BCUT2D eigenvalue weighted by atomic mass is 79.9. The molecule has 1 aliphatic rings. The third-order valence-corrected chi connectivity index (χ3v) is 4.61. The average molecular weight is 363 g/mol. The van der Waals surface area contributed by atoms with Crippen LogP contribution in [0.3, 0.4) is 0 Å². The van der Waals surface area contributed by atoms with Gasteiger partial charge >= 0.3 is 0 Å². The Labute approximate surface area is 129 Å². The molecule has 0 spiro atoms. The van der Waals surface area contributed by atoms with Gasteiger partial charge in [-0.2, -0.15) is 0 Å². The summed E-state index contributed by atoms with van der Waals surface area (Å²) in [6.45, 7) is 0.894. The fourth-order valence-corrected chi connectivity index (χ4v) is 2.57. The van der Waals surface area contributed by atoms with Crippen molar-refractivity contribution in [3.05, 3.63) is 16.7 Å². The number of carbonyl (C=O) groups is 1. The normalized spacial score (nSPS) is 15.8. The molecule has 1 amide bonds. The molecule has 0 aromatic carbocycles. The zero-order valence-electron chi connectivity index (χ0n) is 11.9. The first-order valence-electron chi connectivity index (χ1n) is 6.20. The predicted octanol–water partition coefficient (Wildman–Crippen LogP) is 2.24. The molecule has 0 bridgehead atoms. The Balaban J connectivity index is 2.01. The van der Waals surface area contributed by atoms with E-state index in [0.717, 1.165) is 5.75 Å². The fourth-order valence-electron chi connectivity index (χ4n) is 1.65. The molecule has 2 rings (SSSR count). The van der Waals surface area contributed by atoms with Gasteiger partial charge in [-0.05, 0) is 46.8 Å². The number of amides is 1. The van der Waals surface area contributed by atoms with Crippen molar-refractivity contribution in [3.63, 3.8) is 0 Å². The minimum absolute atomic E-state index is 0.0319. The van der Waals surface area contributed by atoms with Gasteiger partial charge < -0.3 is 9.47 Å². The van der Waals surface area contributed by atoms with Crippen molar-refractivity contribution in [2.24, 2.45) is 0 Å². The second-order valence-corrected chi connectivity index (χ2v) is 10.8. The summed E-state index contributed by atoms with van der Waals surface area (Å²) in [7, 11) is -0.584. The van der Waals surface area contributed by atoms with Gasteiger partial charge in [-0.1, -0.05) is 0 Å². The number of halogens is 1. The first-order valence-corrected chi connectivity index (χ1v) is 10.0. The Morgan fingerprint density at radius 3 is 2.90 bits per heavy atom. The lowest BCUT2D eigenvalue weighted by molar-refractivity contribution is -0.122. The van der Waals surface area contributed by atoms with Crippen molar-refractivity contribution < 1.29 is 14.3 Å². The van der Waals surface area contributed by atoms with Crippen molar-refractivity contribution in [2.75, 3.05) is 49.4 Å². The number of ether oxygens (including phenoxy) is 2. The molecule has 7 heteroatoms. The summed E-state index contributed by atoms with van der Waals surface area (Å²) in [4.78, 5) is 17.8. The van der Waals surface area contributed by atoms with Crippen LogP contribution < -0.4 is 9.64 Å². The third kappa shape index (κ3) is 4.10. The smallest absolute Gasteiger partial charge is 0.268 e. The molecule has 0 aliphatic carbocycles. The second-order valence-electron chi connectivity index (χ2n) is 5.40. The minimum Gasteiger partial charge on any atom is -0.480 e. The van der Waals surface area contributed by atoms with Crippen LogP contribution >= 0.6 is 26.0 Å². The number of pyridine rings is 1. The summed E-state index contributed by atoms with van der Waals surface area (Å²) < 4.78 is 11.7. The van der Waals surface area contributed by atoms with Gasteiger partial charge in [0, 0.05) is 5.75 Å². The van der Waals surface area contributed by atoms with Crippen LogP contribution in [0.4, 0.5) is 5.82 Å². The summed E-state index contributed by atoms with van der Waals surface area (Å²) in [6, 6.07) is 3.59. The Hall–Kier alpha value is -0.790. The molecule has 0 fully saturated rings. The van der Waals surface area contributed by atoms with Crippen LogP contribution in [0.1, 0.15) is 0 Å². The third-order valence-electron chi connectivity index (χ3n) is 2.77. The molecule has 0 atom stereocenters. The molecular formula is C13H19BrN2O3S. The van der Waals surface area contributed by atoms with Crippen LogP contribution in [-0.2, 0) is 9.53 Å². The lowest BCUT2D eigenvalue weighted by Gasteiger charge is -2.29. The topological polar surface area (TPSA) is 51.7 Å². The van der Waals surface area contributed by atoms with Crippen LogP contribution in [0, 0.1) is 0 Å². The monoisotopic (exact) mass is 362 g/mol. The van der Waals surface area contributed by atoms with Crippen LogP contribution in [0.25, 0.3) is 0 Å². The number of nitrogens with zero attached hydrogens (tertiary/aromatic N) is 2. The van der Waals surface area contributed by atoms with Crippen LogP contribution in [-0.4, -0.2) is 55.4 Å². The lowest BCUT2D eigenvalue weighted by atomic mass is 10.3. The highest BCUT2D eigenvalue weighted by Gasteiger charge is 2.27. The number of hydrogen-bond acceptors (Lipinski definition) is 4. The van der Waals surface area contributed by atoms with E-state index in [9.17, 15) is 4.79 Å². The van der Waals surface area contributed by atoms with Crippen LogP contribution in [0.15, 0.2) is 16.7 Å². The van der Waals surface area contributed by atoms with Gasteiger partial charge in [0.05, 0.1) is 6.61 Å². The lowest BCUT2D eigenvalue weighted by Crippen LogP contribution is -2.41. The summed E-state index contributed by atoms with van der Waals surface area (Å²) in [5, 5.41) is 0. The maximum atomic E-state index is 11.9. The quantitative estimate of drug-likeness (QED) is 0.595. The Kier molecular flexibility index (Phi) is 4.93. The van der Waals surface area contributed by atoms with E-state index in [2.05, 4.69) is 39.7 Å². The SMILES string of the molecule is CS(C)(C)CCOCN1C(=O)COc2ccc(Br)nc21. The summed E-state index contributed by atoms with van der Waals surface area (Å²) >= 11 is 3.30. The largest absolute Gasteiger partial charge is 0.480 e. The van der Waals surface area contributed by atoms with Gasteiger partial charge in [-0.25, -0.2) is 15.0 Å². The number of fused-ring (bicyclic) bond motifs is 1. The van der Waals surface area contributed by atoms with E-state index in [1.54, 1.807) is 12.1 Å². The summed E-state index contributed by atoms with van der Waals surface area (Å²) in [5.41, 5.74) is 0. The molecule has 0 saturated carbocycles. The molecular weight excluding hydrogens is 344 g/mol. The van der Waals surface area contributed by atoms with Crippen molar-refractivity contribution in [3.8, 4) is 5.75 Å². The van der Waals surface area contributed by atoms with Crippen molar-refractivity contribution >= 4 is 37.7 Å². The molecule has 0 saturated heterocycles. The van der Waals surface area contributed by atoms with Crippen molar-refractivity contribution in [1.29, 1.82) is 0 Å². The van der Waals surface area contributed by atoms with Gasteiger partial charge in [-0.3, -0.25) is 9.69 Å². The predicted molar refractivity (Wildman–Crippen MR) is 86.0 cm³/mol. The number of anilines is 1. The van der Waals surface area contributed by atoms with Crippen LogP contribution in [0.5, 0.6) is 5.75 Å². The Morgan fingerprint density at radius 2 is 2.20 bits per heavy atom. The number of hydrogen-bond donors (Lipinski definition) is 0. The van der Waals surface area contributed by atoms with Crippen molar-refractivity contribution in [2.45, 2.75) is 0 Å². The molecule has 0 unspecified atom stereocenters. The molecule has 112 valence electrons. The first-order chi connectivity index (χ1) is 9.37. The maximum absolute atomic E-state index is 11.9. The standard InChI is InChI=1S/C13H19BrN2O3S/c1-20(2,3)7-6-18-9-16-12(17)8-19-10-4-5-11(14)15-13(10)16/h4-5H,6-9H2,1-3H3. The van der Waals surface area contributed by atoms with Crippen LogP contribution in [0.2, 0.25) is 0 Å². The maximum Gasteiger partial charge on any atom is 0.268 e. The van der Waals surface area contributed by atoms with E-state index in [0.29, 0.717) is 22.8 Å².